The summed E-state index contributed by atoms with van der Waals surface area (Å²) in [7, 11) is 0. The summed E-state index contributed by atoms with van der Waals surface area (Å²) < 4.78 is 0. The molecule has 2 aromatic rings. The van der Waals surface area contributed by atoms with E-state index >= 15 is 0 Å². The summed E-state index contributed by atoms with van der Waals surface area (Å²) in [5, 5.41) is 3.76. The average molecular weight is 417 g/mol. The monoisotopic (exact) mass is 416 g/mol. The lowest BCUT2D eigenvalue weighted by Crippen LogP contribution is -2.42. The van der Waals surface area contributed by atoms with E-state index in [1.807, 2.05) is 4.90 Å². The maximum Gasteiger partial charge on any atom is 0.222 e. The van der Waals surface area contributed by atoms with Gasteiger partial charge in [-0.2, -0.15) is 0 Å². The second-order valence-electron chi connectivity index (χ2n) is 8.94. The largest absolute Gasteiger partial charge is 0.353 e. The van der Waals surface area contributed by atoms with E-state index < -0.39 is 0 Å². The Hall–Kier alpha value is -2.82. The summed E-state index contributed by atoms with van der Waals surface area (Å²) in [6.07, 6.45) is 3.89. The number of nitrogens with zero attached hydrogens (tertiary/aromatic N) is 3. The van der Waals surface area contributed by atoms with Crippen LogP contribution in [0.3, 0.4) is 0 Å². The number of guanidine groups is 1. The van der Waals surface area contributed by atoms with Crippen molar-refractivity contribution in [2.75, 3.05) is 31.1 Å². The molecule has 0 bridgehead atoms. The smallest absolute Gasteiger partial charge is 0.222 e. The highest BCUT2D eigenvalue weighted by Crippen LogP contribution is 2.42. The number of likely N-dealkylation sites (tertiary alicyclic amines) is 1. The fourth-order valence-corrected chi connectivity index (χ4v) is 5.14. The van der Waals surface area contributed by atoms with Crippen LogP contribution in [0.5, 0.6) is 0 Å². The third kappa shape index (κ3) is 4.18. The van der Waals surface area contributed by atoms with Gasteiger partial charge in [-0.25, -0.2) is 0 Å². The summed E-state index contributed by atoms with van der Waals surface area (Å²) >= 11 is 0. The first-order chi connectivity index (χ1) is 15.2. The minimum absolute atomic E-state index is 0.318. The Morgan fingerprint density at radius 1 is 1.13 bits per heavy atom. The van der Waals surface area contributed by atoms with E-state index in [9.17, 15) is 4.79 Å². The van der Waals surface area contributed by atoms with Crippen molar-refractivity contribution in [2.45, 2.75) is 50.5 Å². The fraction of sp³-hybridized carbons (Fsp3) is 0.462. The quantitative estimate of drug-likeness (QED) is 0.569. The molecule has 2 aromatic carbocycles. The fourth-order valence-electron chi connectivity index (χ4n) is 5.14. The van der Waals surface area contributed by atoms with Gasteiger partial charge in [-0.15, -0.1) is 0 Å². The van der Waals surface area contributed by atoms with Gasteiger partial charge in [0.1, 0.15) is 0 Å². The summed E-state index contributed by atoms with van der Waals surface area (Å²) in [5.74, 6) is 2.31. The van der Waals surface area contributed by atoms with Crippen molar-refractivity contribution >= 4 is 17.6 Å². The van der Waals surface area contributed by atoms with Crippen molar-refractivity contribution in [1.29, 1.82) is 0 Å². The molecule has 1 aliphatic carbocycles. The van der Waals surface area contributed by atoms with Crippen molar-refractivity contribution in [2.24, 2.45) is 4.99 Å². The van der Waals surface area contributed by atoms with Gasteiger partial charge < -0.3 is 15.1 Å². The predicted octanol–water partition coefficient (Wildman–Crippen LogP) is 4.12. The van der Waals surface area contributed by atoms with Gasteiger partial charge in [-0.3, -0.25) is 9.79 Å². The molecule has 3 atom stereocenters. The van der Waals surface area contributed by atoms with Gasteiger partial charge in [0.2, 0.25) is 5.91 Å². The molecule has 1 saturated carbocycles. The minimum Gasteiger partial charge on any atom is -0.353 e. The molecule has 162 valence electrons. The first-order valence-corrected chi connectivity index (χ1v) is 11.7. The number of aliphatic imine (C=N–C) groups is 1. The first kappa shape index (κ1) is 20.1. The van der Waals surface area contributed by atoms with Gasteiger partial charge in [0.05, 0.1) is 0 Å². The van der Waals surface area contributed by atoms with Crippen LogP contribution in [0.2, 0.25) is 0 Å². The first-order valence-electron chi connectivity index (χ1n) is 11.7. The van der Waals surface area contributed by atoms with Crippen molar-refractivity contribution < 1.29 is 4.79 Å². The molecule has 0 spiro atoms. The van der Waals surface area contributed by atoms with Crippen LogP contribution >= 0.6 is 0 Å². The maximum absolute atomic E-state index is 12.0. The number of nitrogens with one attached hydrogen (secondary N) is 1. The van der Waals surface area contributed by atoms with E-state index in [2.05, 4.69) is 71.7 Å². The summed E-state index contributed by atoms with van der Waals surface area (Å²) in [6, 6.07) is 19.9. The van der Waals surface area contributed by atoms with E-state index in [4.69, 9.17) is 4.99 Å². The topological polar surface area (TPSA) is 47.9 Å². The number of para-hydroxylation sites is 1. The second-order valence-corrected chi connectivity index (χ2v) is 8.94. The van der Waals surface area contributed by atoms with Crippen molar-refractivity contribution in [3.05, 3.63) is 65.7 Å². The van der Waals surface area contributed by atoms with E-state index in [0.29, 0.717) is 30.2 Å². The van der Waals surface area contributed by atoms with E-state index in [0.717, 1.165) is 51.4 Å². The molecule has 0 radical (unpaired) electrons. The van der Waals surface area contributed by atoms with Crippen molar-refractivity contribution in [3.8, 4) is 0 Å². The Morgan fingerprint density at radius 3 is 2.71 bits per heavy atom. The number of carbonyl (C=O) groups excluding carboxylic acids is 1. The highest BCUT2D eigenvalue weighted by Gasteiger charge is 2.41. The molecule has 2 aliphatic heterocycles. The van der Waals surface area contributed by atoms with Gasteiger partial charge >= 0.3 is 0 Å². The zero-order valence-electron chi connectivity index (χ0n) is 18.3. The Labute approximate surface area is 185 Å². The molecule has 5 nitrogen and oxygen atoms in total. The third-order valence-corrected chi connectivity index (χ3v) is 6.89. The van der Waals surface area contributed by atoms with Crippen LogP contribution in [0, 0.1) is 0 Å². The van der Waals surface area contributed by atoms with Gasteiger partial charge in [0.25, 0.3) is 0 Å². The van der Waals surface area contributed by atoms with E-state index in [1.165, 1.54) is 16.8 Å². The van der Waals surface area contributed by atoms with Crippen LogP contribution in [0.15, 0.2) is 59.6 Å². The standard InChI is InChI=1S/C26H32N4O/c1-2-27-26(28-23-17-22(23)19-9-4-3-5-10-19)30-18-20(21-11-6-7-12-24(21)30)14-16-29-15-8-13-25(29)31/h3-7,9-12,20,22-23H,2,8,13-18H2,1H3,(H,27,28). The zero-order chi connectivity index (χ0) is 21.2. The highest BCUT2D eigenvalue weighted by molar-refractivity contribution is 5.98. The number of carbonyl (C=O) groups is 1. The summed E-state index contributed by atoms with van der Waals surface area (Å²) in [6.45, 7) is 5.57. The molecule has 31 heavy (non-hydrogen) atoms. The van der Waals surface area contributed by atoms with Crippen LogP contribution in [-0.2, 0) is 4.79 Å². The number of fused-ring (bicyclic) bond motifs is 1. The van der Waals surface area contributed by atoms with Crippen LogP contribution in [-0.4, -0.2) is 49.0 Å². The number of anilines is 1. The predicted molar refractivity (Wildman–Crippen MR) is 126 cm³/mol. The van der Waals surface area contributed by atoms with Gasteiger partial charge in [-0.05, 0) is 43.4 Å². The lowest BCUT2D eigenvalue weighted by molar-refractivity contribution is -0.127. The van der Waals surface area contributed by atoms with Gasteiger partial charge in [0, 0.05) is 56.2 Å². The summed E-state index contributed by atoms with van der Waals surface area (Å²) in [4.78, 5) is 21.3. The third-order valence-electron chi connectivity index (χ3n) is 6.89. The molecule has 2 heterocycles. The molecular formula is C26H32N4O. The number of hydrogen-bond donors (Lipinski definition) is 1. The van der Waals surface area contributed by atoms with Gasteiger partial charge in [0.15, 0.2) is 5.96 Å². The second kappa shape index (κ2) is 8.74. The molecule has 0 aromatic heterocycles. The molecule has 5 heteroatoms. The summed E-state index contributed by atoms with van der Waals surface area (Å²) in [5.41, 5.74) is 4.05. The molecule has 3 unspecified atom stereocenters. The van der Waals surface area contributed by atoms with Crippen molar-refractivity contribution in [1.82, 2.24) is 10.2 Å². The Morgan fingerprint density at radius 2 is 1.94 bits per heavy atom. The zero-order valence-corrected chi connectivity index (χ0v) is 18.3. The lowest BCUT2D eigenvalue weighted by atomic mass is 9.98. The van der Waals surface area contributed by atoms with Crippen molar-refractivity contribution in [3.63, 3.8) is 0 Å². The maximum atomic E-state index is 12.0. The molecule has 1 amide bonds. The Balaban J connectivity index is 1.29. The molecule has 3 aliphatic rings. The SMILES string of the molecule is CCN=C(NC1CC1c1ccccc1)N1CC(CCN2CCCC2=O)c2ccccc21. The minimum atomic E-state index is 0.318. The number of hydrogen-bond acceptors (Lipinski definition) is 2. The molecular weight excluding hydrogens is 384 g/mol. The Kier molecular flexibility index (Phi) is 5.66. The van der Waals surface area contributed by atoms with Crippen LogP contribution in [0.25, 0.3) is 0 Å². The Bertz CT molecular complexity index is 957. The van der Waals surface area contributed by atoms with Gasteiger partial charge in [-0.1, -0.05) is 48.5 Å². The normalized spacial score (nSPS) is 25.1. The number of benzene rings is 2. The molecule has 1 N–H and O–H groups in total. The molecule has 5 rings (SSSR count). The van der Waals surface area contributed by atoms with E-state index in [1.54, 1.807) is 0 Å². The average Bonchev–Trinajstić information content (AvgIpc) is 3.30. The van der Waals surface area contributed by atoms with Crippen LogP contribution < -0.4 is 10.2 Å². The number of rotatable bonds is 6. The molecule has 2 fully saturated rings. The van der Waals surface area contributed by atoms with Crippen LogP contribution in [0.1, 0.15) is 55.6 Å². The highest BCUT2D eigenvalue weighted by atomic mass is 16.2. The van der Waals surface area contributed by atoms with Crippen LogP contribution in [0.4, 0.5) is 5.69 Å². The number of amides is 1. The molecule has 1 saturated heterocycles. The van der Waals surface area contributed by atoms with E-state index in [-0.39, 0.29) is 0 Å². The lowest BCUT2D eigenvalue weighted by Gasteiger charge is -2.24.